The highest BCUT2D eigenvalue weighted by atomic mass is 31.3. The summed E-state index contributed by atoms with van der Waals surface area (Å²) in [5.41, 5.74) is 2.49. The minimum Gasteiger partial charge on any atom is -0.385 e. The Bertz CT molecular complexity index is 1150. The smallest absolute Gasteiger partial charge is 0.385 e. The maximum atomic E-state index is 12.1. The third-order valence-corrected chi connectivity index (χ3v) is 8.61. The van der Waals surface area contributed by atoms with E-state index in [1.54, 1.807) is 0 Å². The number of aromatic nitrogens is 2. The average Bonchev–Trinajstić information content (AvgIpc) is 3.15. The van der Waals surface area contributed by atoms with Gasteiger partial charge in [-0.2, -0.15) is 13.6 Å². The maximum Gasteiger partial charge on any atom is 0.490 e. The van der Waals surface area contributed by atoms with E-state index in [1.165, 1.54) is 4.90 Å². The Labute approximate surface area is 176 Å². The summed E-state index contributed by atoms with van der Waals surface area (Å²) in [6.07, 6.45) is -5.70. The van der Waals surface area contributed by atoms with E-state index < -0.39 is 65.8 Å². The molecule has 32 heavy (non-hydrogen) atoms. The van der Waals surface area contributed by atoms with Crippen LogP contribution in [-0.2, 0) is 31.6 Å². The highest BCUT2D eigenvalue weighted by Crippen LogP contribution is 2.66. The predicted octanol–water partition coefficient (Wildman–Crippen LogP) is -2.92. The molecule has 2 bridgehead atoms. The van der Waals surface area contributed by atoms with Crippen LogP contribution in [0.3, 0.4) is 0 Å². The summed E-state index contributed by atoms with van der Waals surface area (Å²) in [5.74, 6) is -0.271. The van der Waals surface area contributed by atoms with Gasteiger partial charge in [0.05, 0.1) is 6.61 Å². The van der Waals surface area contributed by atoms with E-state index in [1.807, 2.05) is 0 Å². The second-order valence-corrected chi connectivity index (χ2v) is 11.3. The molecule has 0 aromatic carbocycles. The molecule has 10 N–H and O–H groups in total. The summed E-state index contributed by atoms with van der Waals surface area (Å²) >= 11 is 0. The van der Waals surface area contributed by atoms with Crippen LogP contribution in [0.2, 0.25) is 0 Å². The Hall–Kier alpha value is -1.43. The largest absolute Gasteiger partial charge is 0.490 e. The number of nitrogen functional groups attached to an aromatic ring is 1. The zero-order chi connectivity index (χ0) is 23.9. The van der Waals surface area contributed by atoms with Gasteiger partial charge in [0.1, 0.15) is 24.1 Å². The molecular formula is C10H16N5O14P3. The number of anilines is 3. The lowest BCUT2D eigenvalue weighted by Gasteiger charge is -2.38. The molecule has 0 aliphatic carbocycles. The van der Waals surface area contributed by atoms with Crippen molar-refractivity contribution in [2.75, 3.05) is 22.6 Å². The van der Waals surface area contributed by atoms with Crippen molar-refractivity contribution in [1.82, 2.24) is 9.97 Å². The van der Waals surface area contributed by atoms with Crippen molar-refractivity contribution in [1.29, 1.82) is 0 Å². The van der Waals surface area contributed by atoms with Crippen LogP contribution in [0.15, 0.2) is 4.79 Å². The number of nitrogens with zero attached hydrogens (tertiary/aromatic N) is 2. The minimum absolute atomic E-state index is 0.0254. The number of aromatic amines is 1. The molecule has 180 valence electrons. The summed E-state index contributed by atoms with van der Waals surface area (Å²) in [4.78, 5) is 55.3. The fraction of sp³-hybridized carbons (Fsp3) is 0.600. The molecule has 1 aromatic rings. The first kappa shape index (κ1) is 23.7. The van der Waals surface area contributed by atoms with E-state index >= 15 is 0 Å². The zero-order valence-corrected chi connectivity index (χ0v) is 18.0. The first-order valence-electron chi connectivity index (χ1n) is 8.33. The number of hydrogen-bond acceptors (Lipinski definition) is 14. The quantitative estimate of drug-likeness (QED) is 0.162. The molecule has 3 aliphatic rings. The number of phosphoric acid groups is 3. The lowest BCUT2D eigenvalue weighted by molar-refractivity contribution is -0.112. The summed E-state index contributed by atoms with van der Waals surface area (Å²) in [5, 5.41) is 24.2. The van der Waals surface area contributed by atoms with Gasteiger partial charge in [-0.25, -0.2) is 13.7 Å². The Kier molecular flexibility index (Phi) is 5.40. The predicted molar refractivity (Wildman–Crippen MR) is 98.6 cm³/mol. The van der Waals surface area contributed by atoms with E-state index in [9.17, 15) is 33.6 Å². The summed E-state index contributed by atoms with van der Waals surface area (Å²) in [6, 6.07) is 0. The molecule has 2 saturated heterocycles. The second-order valence-electron chi connectivity index (χ2n) is 6.84. The molecule has 7 atom stereocenters. The monoisotopic (exact) mass is 523 g/mol. The van der Waals surface area contributed by atoms with Crippen LogP contribution in [0.5, 0.6) is 0 Å². The van der Waals surface area contributed by atoms with Gasteiger partial charge in [-0.3, -0.25) is 14.3 Å². The second kappa shape index (κ2) is 7.28. The third-order valence-electron chi connectivity index (χ3n) is 4.80. The van der Waals surface area contributed by atoms with Crippen molar-refractivity contribution in [2.45, 2.75) is 30.2 Å². The van der Waals surface area contributed by atoms with Crippen LogP contribution >= 0.6 is 23.5 Å². The van der Waals surface area contributed by atoms with Gasteiger partial charge >= 0.3 is 23.5 Å². The summed E-state index contributed by atoms with van der Waals surface area (Å²) in [7, 11) is -16.8. The number of nitrogens with one attached hydrogen (secondary N) is 2. The number of aliphatic hydroxyl groups is 2. The van der Waals surface area contributed by atoms with Crippen molar-refractivity contribution in [3.05, 3.63) is 10.4 Å². The minimum atomic E-state index is -5.74. The van der Waals surface area contributed by atoms with E-state index in [0.29, 0.717) is 0 Å². The van der Waals surface area contributed by atoms with Crippen LogP contribution in [0.25, 0.3) is 0 Å². The number of nitrogens with two attached hydrogens (primary N) is 1. The average molecular weight is 523 g/mol. The zero-order valence-electron chi connectivity index (χ0n) is 15.3. The lowest BCUT2D eigenvalue weighted by Crippen LogP contribution is -2.61. The van der Waals surface area contributed by atoms with Crippen LogP contribution in [0, 0.1) is 0 Å². The molecular weight excluding hydrogens is 507 g/mol. The van der Waals surface area contributed by atoms with Gasteiger partial charge in [0.25, 0.3) is 5.56 Å². The normalized spacial score (nSPS) is 34.5. The van der Waals surface area contributed by atoms with Crippen molar-refractivity contribution in [3.8, 4) is 0 Å². The van der Waals surface area contributed by atoms with Gasteiger partial charge in [-0.15, -0.1) is 0 Å². The molecule has 0 spiro atoms. The third kappa shape index (κ3) is 3.91. The molecule has 0 radical (unpaired) electrons. The van der Waals surface area contributed by atoms with Crippen molar-refractivity contribution >= 4 is 40.9 Å². The molecule has 4 rings (SSSR count). The molecule has 0 saturated carbocycles. The maximum absolute atomic E-state index is 12.1. The van der Waals surface area contributed by atoms with Gasteiger partial charge in [-0.05, 0) is 0 Å². The van der Waals surface area contributed by atoms with Gasteiger partial charge in [0.15, 0.2) is 17.6 Å². The number of rotatable bonds is 7. The van der Waals surface area contributed by atoms with Gasteiger partial charge in [0.2, 0.25) is 5.95 Å². The fourth-order valence-electron chi connectivity index (χ4n) is 3.69. The van der Waals surface area contributed by atoms with Gasteiger partial charge in [-0.1, -0.05) is 0 Å². The number of ether oxygens (including phenoxy) is 1. The summed E-state index contributed by atoms with van der Waals surface area (Å²) in [6.45, 7) is -1.01. The van der Waals surface area contributed by atoms with Gasteiger partial charge in [0, 0.05) is 0 Å². The first-order valence-corrected chi connectivity index (χ1v) is 12.8. The number of phosphoric ester groups is 1. The van der Waals surface area contributed by atoms with Crippen LogP contribution in [0.1, 0.15) is 0 Å². The van der Waals surface area contributed by atoms with E-state index in [0.717, 1.165) is 0 Å². The van der Waals surface area contributed by atoms with Crippen LogP contribution in [0.4, 0.5) is 17.5 Å². The topological polar surface area (TPSA) is 297 Å². The Morgan fingerprint density at radius 2 is 1.84 bits per heavy atom. The molecule has 0 amide bonds. The molecule has 19 nitrogen and oxygen atoms in total. The summed E-state index contributed by atoms with van der Waals surface area (Å²) < 4.78 is 51.0. The number of fused-ring (bicyclic) bond motifs is 7. The van der Waals surface area contributed by atoms with Gasteiger partial charge < -0.3 is 50.5 Å². The molecule has 2 fully saturated rings. The lowest BCUT2D eigenvalue weighted by atomic mass is 9.92. The standard InChI is InChI=1S/C10H16N5O14P3/c11-9-13-5-3(6(17)14-9)12-8-10(18)2(27-7(4(10)16)15(5)8)1-26-31(22,23)29-32(24,25)28-30(19,20)21/h2,4,7-8,12,16,18H,1H2,(H,22,23)(H,24,25)(H2,19,20,21)(H3,11,13,14,17)/t2-,4+,7-,8+,10-/m1/s1. The molecule has 1 aromatic heterocycles. The molecule has 3 aliphatic heterocycles. The number of hydrogen-bond donors (Lipinski definition) is 9. The van der Waals surface area contributed by atoms with E-state index in [4.69, 9.17) is 25.2 Å². The Morgan fingerprint density at radius 3 is 2.47 bits per heavy atom. The molecule has 4 heterocycles. The number of H-pyrrole nitrogens is 1. The van der Waals surface area contributed by atoms with Crippen molar-refractivity contribution < 1.29 is 61.4 Å². The van der Waals surface area contributed by atoms with E-state index in [2.05, 4.69) is 28.4 Å². The molecule has 22 heteroatoms. The Balaban J connectivity index is 1.50. The van der Waals surface area contributed by atoms with E-state index in [-0.39, 0.29) is 17.5 Å². The van der Waals surface area contributed by atoms with Crippen molar-refractivity contribution in [2.24, 2.45) is 0 Å². The highest BCUT2D eigenvalue weighted by Gasteiger charge is 2.72. The number of aliphatic hydroxyl groups excluding tert-OH is 1. The fourth-order valence-corrected chi connectivity index (χ4v) is 6.71. The highest BCUT2D eigenvalue weighted by molar-refractivity contribution is 7.66. The first-order chi connectivity index (χ1) is 14.5. The van der Waals surface area contributed by atoms with Crippen LogP contribution in [-0.4, -0.2) is 76.6 Å². The molecule has 2 unspecified atom stereocenters. The SMILES string of the molecule is Nc1nc2c(c(=O)[nH]1)N[C@H]1N2[C@@H]2O[C@H](COP(=O)(O)OP(=O)(O)OP(=O)(O)O)[C@@]1(O)[C@H]2O. The van der Waals surface area contributed by atoms with Crippen molar-refractivity contribution in [3.63, 3.8) is 0 Å². The Morgan fingerprint density at radius 1 is 1.19 bits per heavy atom. The van der Waals surface area contributed by atoms with Crippen LogP contribution < -0.4 is 21.5 Å².